The largest absolute Gasteiger partial charge is 0.207 e. The molecule has 0 bridgehead atoms. The van der Waals surface area contributed by atoms with Crippen LogP contribution in [0.25, 0.3) is 0 Å². The van der Waals surface area contributed by atoms with E-state index in [1.807, 2.05) is 54.5 Å². The van der Waals surface area contributed by atoms with Gasteiger partial charge in [0.1, 0.15) is 29.1 Å². The van der Waals surface area contributed by atoms with Crippen molar-refractivity contribution >= 4 is 0 Å². The summed E-state index contributed by atoms with van der Waals surface area (Å²) in [4.78, 5) is 0. The van der Waals surface area contributed by atoms with Crippen molar-refractivity contribution in [3.8, 4) is 0 Å². The van der Waals surface area contributed by atoms with E-state index in [4.69, 9.17) is 0 Å². The first kappa shape index (κ1) is 78.6. The average Bonchev–Trinajstić information content (AvgIpc) is 2.25. The van der Waals surface area contributed by atoms with Crippen molar-refractivity contribution in [2.24, 2.45) is 0 Å². The Kier molecular flexibility index (Phi) is 33.5. The molecule has 0 nitrogen and oxygen atoms in total. The van der Waals surface area contributed by atoms with Gasteiger partial charge in [-0.25, -0.2) is 22.0 Å². The zero-order chi connectivity index (χ0) is 67.8. The standard InChI is InChI=1S/C12H18.2C10H14.2C9H11F.2C9H12.C8H9F.C7H6F2/c1-7-8(2)10(4)12(6)11(5)9(7)3;2*1-7-5-8(2)10(4)9(3)6-7;2*1-6-4-9(10)5-7(2)8(6)3;2*1-7-5-4-6-8(2)9(7)3;1-6-4-3-5-8(9)7(6)2;1-5-2-3-6(8)4-7(5)9/h1-6H3;2*5-6H,1-4H3;2*4-5H,1-3H3;2*4-6H,1-3H3;3-5H,1-2H3;2-4H,1H3. The molecule has 474 valence electrons. The second-order valence-corrected chi connectivity index (χ2v) is 24.2. The van der Waals surface area contributed by atoms with Crippen LogP contribution in [0.3, 0.4) is 0 Å². The first-order chi connectivity index (χ1) is 40.7. The van der Waals surface area contributed by atoms with Crippen LogP contribution < -0.4 is 0 Å². The number of rotatable bonds is 0. The summed E-state index contributed by atoms with van der Waals surface area (Å²) in [6.07, 6.45) is 0. The highest BCUT2D eigenvalue weighted by atomic mass is 19.1. The van der Waals surface area contributed by atoms with Crippen LogP contribution in [0.2, 0.25) is 0 Å². The van der Waals surface area contributed by atoms with Crippen LogP contribution in [-0.2, 0) is 0 Å². The highest BCUT2D eigenvalue weighted by molar-refractivity contribution is 5.49. The van der Waals surface area contributed by atoms with Gasteiger partial charge in [0, 0.05) is 6.07 Å². The normalized spacial score (nSPS) is 9.93. The number of hydrogen-bond acceptors (Lipinski definition) is 0. The van der Waals surface area contributed by atoms with Gasteiger partial charge in [0.05, 0.1) is 0 Å². The third kappa shape index (κ3) is 25.8. The van der Waals surface area contributed by atoms with Crippen LogP contribution in [0, 0.1) is 230 Å². The van der Waals surface area contributed by atoms with Gasteiger partial charge in [0.25, 0.3) is 0 Å². The molecule has 0 spiro atoms. The smallest absolute Gasteiger partial charge is 0.129 e. The zero-order valence-electron chi connectivity index (χ0n) is 59.4. The third-order valence-corrected chi connectivity index (χ3v) is 17.7. The topological polar surface area (TPSA) is 0 Å². The highest BCUT2D eigenvalue weighted by Gasteiger charge is 2.08. The van der Waals surface area contributed by atoms with E-state index >= 15 is 0 Å². The maximum Gasteiger partial charge on any atom is 0.129 e. The maximum atomic E-state index is 12.6. The number of aryl methyl sites for hydroxylation is 16. The monoisotopic (exact) mass is 1200 g/mol. The van der Waals surface area contributed by atoms with Crippen molar-refractivity contribution in [2.45, 2.75) is 201 Å². The molecule has 0 heterocycles. The van der Waals surface area contributed by atoms with Crippen molar-refractivity contribution in [1.29, 1.82) is 0 Å². The molecule has 0 aliphatic rings. The second kappa shape index (κ2) is 37.5. The predicted octanol–water partition coefficient (Wildman–Crippen LogP) is 24.8. The molecule has 0 fully saturated rings. The van der Waals surface area contributed by atoms with Gasteiger partial charge in [0.2, 0.25) is 0 Å². The quantitative estimate of drug-likeness (QED) is 0.133. The van der Waals surface area contributed by atoms with Crippen molar-refractivity contribution in [1.82, 2.24) is 0 Å². The lowest BCUT2D eigenvalue weighted by molar-refractivity contribution is 0.577. The Morgan fingerprint density at radius 1 is 0.159 bits per heavy atom. The summed E-state index contributed by atoms with van der Waals surface area (Å²) < 4.78 is 62.2. The van der Waals surface area contributed by atoms with Crippen LogP contribution in [0.15, 0.2) is 121 Å². The van der Waals surface area contributed by atoms with Crippen molar-refractivity contribution in [3.63, 3.8) is 0 Å². The Balaban J connectivity index is 0.000000496. The van der Waals surface area contributed by atoms with Gasteiger partial charge in [-0.15, -0.1) is 0 Å². The molecule has 88 heavy (non-hydrogen) atoms. The number of hydrogen-bond donors (Lipinski definition) is 0. The Bertz CT molecular complexity index is 3120. The molecule has 0 N–H and O–H groups in total. The number of halogens is 5. The molecule has 0 aliphatic heterocycles. The fourth-order valence-corrected chi connectivity index (χ4v) is 9.24. The van der Waals surface area contributed by atoms with Crippen LogP contribution in [0.5, 0.6) is 0 Å². The van der Waals surface area contributed by atoms with Gasteiger partial charge < -0.3 is 0 Å². The SMILES string of the molecule is Cc1c(C)c(C)c(C)c(C)c1C.Cc1cc(C)c(C)c(C)c1.Cc1cc(C)c(C)c(C)c1.Cc1cc(F)cc(C)c1C.Cc1cc(F)cc(C)c1C.Cc1ccc(F)cc1F.Cc1cccc(C)c1C.Cc1cccc(C)c1C.Cc1cccc(F)c1C. The fourth-order valence-electron chi connectivity index (χ4n) is 9.24. The first-order valence-corrected chi connectivity index (χ1v) is 30.5. The maximum absolute atomic E-state index is 12.6. The lowest BCUT2D eigenvalue weighted by Crippen LogP contribution is -1.98. The van der Waals surface area contributed by atoms with Crippen LogP contribution >= 0.6 is 0 Å². The molecule has 0 atom stereocenters. The van der Waals surface area contributed by atoms with E-state index in [0.29, 0.717) is 5.56 Å². The summed E-state index contributed by atoms with van der Waals surface area (Å²) in [6.45, 7) is 60.4. The Morgan fingerprint density at radius 3 is 0.580 bits per heavy atom. The molecule has 0 amide bonds. The fraction of sp³-hybridized carbons (Fsp3) is 0.349. The van der Waals surface area contributed by atoms with E-state index < -0.39 is 11.6 Å². The van der Waals surface area contributed by atoms with E-state index in [1.54, 1.807) is 44.2 Å². The molecule has 0 aliphatic carbocycles. The number of benzene rings is 9. The van der Waals surface area contributed by atoms with Crippen LogP contribution in [0.1, 0.15) is 161 Å². The lowest BCUT2D eigenvalue weighted by Gasteiger charge is -2.15. The van der Waals surface area contributed by atoms with Gasteiger partial charge in [-0.1, -0.05) is 90.0 Å². The predicted molar refractivity (Wildman–Crippen MR) is 375 cm³/mol. The van der Waals surface area contributed by atoms with Gasteiger partial charge >= 0.3 is 0 Å². The molecular weight excluding hydrogens is 1090 g/mol. The average molecular weight is 1200 g/mol. The van der Waals surface area contributed by atoms with Crippen LogP contribution in [-0.4, -0.2) is 0 Å². The zero-order valence-corrected chi connectivity index (χ0v) is 59.4. The minimum absolute atomic E-state index is 0.116. The van der Waals surface area contributed by atoms with Gasteiger partial charge in [0.15, 0.2) is 0 Å². The van der Waals surface area contributed by atoms with E-state index in [-0.39, 0.29) is 17.5 Å². The van der Waals surface area contributed by atoms with Crippen molar-refractivity contribution in [2.75, 3.05) is 0 Å². The van der Waals surface area contributed by atoms with E-state index in [2.05, 4.69) is 199 Å². The minimum atomic E-state index is -0.530. The molecule has 0 saturated carbocycles. The molecule has 5 heteroatoms. The molecule has 9 aromatic rings. The molecule has 9 aromatic carbocycles. The molecule has 9 rings (SSSR count). The molecule has 0 saturated heterocycles. The summed E-state index contributed by atoms with van der Waals surface area (Å²) in [6, 6.07) is 36.5. The summed E-state index contributed by atoms with van der Waals surface area (Å²) in [7, 11) is 0. The molecule has 0 radical (unpaired) electrons. The van der Waals surface area contributed by atoms with E-state index in [1.165, 1.54) is 141 Å². The summed E-state index contributed by atoms with van der Waals surface area (Å²) in [5, 5.41) is 0. The van der Waals surface area contributed by atoms with Crippen LogP contribution in [0.4, 0.5) is 22.0 Å². The minimum Gasteiger partial charge on any atom is -0.207 e. The Morgan fingerprint density at radius 2 is 0.375 bits per heavy atom. The van der Waals surface area contributed by atoms with Crippen molar-refractivity contribution in [3.05, 3.63) is 312 Å². The second-order valence-electron chi connectivity index (χ2n) is 24.2. The lowest BCUT2D eigenvalue weighted by atomic mass is 9.90. The third-order valence-electron chi connectivity index (χ3n) is 17.7. The summed E-state index contributed by atoms with van der Waals surface area (Å²) in [5.41, 5.74) is 37.0. The highest BCUT2D eigenvalue weighted by Crippen LogP contribution is 2.25. The van der Waals surface area contributed by atoms with Crippen molar-refractivity contribution < 1.29 is 22.0 Å². The van der Waals surface area contributed by atoms with E-state index in [9.17, 15) is 22.0 Å². The summed E-state index contributed by atoms with van der Waals surface area (Å²) in [5.74, 6) is -1.41. The molecule has 0 unspecified atom stereocenters. The molecular formula is C83H107F5. The van der Waals surface area contributed by atoms with Gasteiger partial charge in [-0.05, 0) is 387 Å². The van der Waals surface area contributed by atoms with E-state index in [0.717, 1.165) is 39.4 Å². The first-order valence-electron chi connectivity index (χ1n) is 30.5. The Labute approximate surface area is 531 Å². The van der Waals surface area contributed by atoms with Gasteiger partial charge in [-0.2, -0.15) is 0 Å². The molecule has 0 aromatic heterocycles. The summed E-state index contributed by atoms with van der Waals surface area (Å²) >= 11 is 0. The Hall–Kier alpha value is -7.37. The van der Waals surface area contributed by atoms with Gasteiger partial charge in [-0.3, -0.25) is 0 Å².